The van der Waals surface area contributed by atoms with Gasteiger partial charge in [-0.05, 0) is 56.0 Å². The van der Waals surface area contributed by atoms with Crippen molar-refractivity contribution in [1.82, 2.24) is 19.7 Å². The van der Waals surface area contributed by atoms with Crippen LogP contribution in [0.1, 0.15) is 35.5 Å². The number of amidine groups is 1. The van der Waals surface area contributed by atoms with Crippen molar-refractivity contribution in [3.63, 3.8) is 0 Å². The first-order valence-electron chi connectivity index (χ1n) is 6.97. The minimum atomic E-state index is 0.0530. The molecule has 3 rings (SSSR count). The number of hydrogen-bond donors (Lipinski definition) is 2. The van der Waals surface area contributed by atoms with Gasteiger partial charge in [0.15, 0.2) is 5.16 Å². The summed E-state index contributed by atoms with van der Waals surface area (Å²) in [7, 11) is 1.92. The lowest BCUT2D eigenvalue weighted by Gasteiger charge is -2.17. The first-order valence-corrected chi connectivity index (χ1v) is 7.79. The third-order valence-corrected chi connectivity index (χ3v) is 4.84. The summed E-state index contributed by atoms with van der Waals surface area (Å²) in [5, 5.41) is 17.5. The lowest BCUT2D eigenvalue weighted by molar-refractivity contribution is 0.659. The number of hydrogen-bond acceptors (Lipinski definition) is 5. The van der Waals surface area contributed by atoms with Crippen LogP contribution in [0, 0.1) is 12.3 Å². The molecule has 7 heteroatoms. The van der Waals surface area contributed by atoms with Gasteiger partial charge in [0.2, 0.25) is 0 Å². The van der Waals surface area contributed by atoms with Crippen LogP contribution in [0.3, 0.4) is 0 Å². The Hall–Kier alpha value is -1.89. The van der Waals surface area contributed by atoms with Crippen LogP contribution in [0.4, 0.5) is 0 Å². The van der Waals surface area contributed by atoms with Crippen molar-refractivity contribution in [1.29, 1.82) is 5.41 Å². The topological polar surface area (TPSA) is 93.5 Å². The van der Waals surface area contributed by atoms with Gasteiger partial charge in [-0.1, -0.05) is 0 Å². The predicted octanol–water partition coefficient (Wildman–Crippen LogP) is 1.83. The zero-order chi connectivity index (χ0) is 15.0. The summed E-state index contributed by atoms with van der Waals surface area (Å²) >= 11 is 1.42. The Morgan fingerprint density at radius 3 is 2.76 bits per heavy atom. The van der Waals surface area contributed by atoms with Crippen LogP contribution < -0.4 is 5.73 Å². The highest BCUT2D eigenvalue weighted by Gasteiger charge is 2.19. The third kappa shape index (κ3) is 2.65. The number of fused-ring (bicyclic) bond motifs is 1. The van der Waals surface area contributed by atoms with Crippen molar-refractivity contribution in [3.8, 4) is 0 Å². The summed E-state index contributed by atoms with van der Waals surface area (Å²) in [4.78, 5) is 4.74. The van der Waals surface area contributed by atoms with Gasteiger partial charge in [-0.25, -0.2) is 4.98 Å². The molecule has 0 saturated carbocycles. The van der Waals surface area contributed by atoms with Crippen molar-refractivity contribution in [2.45, 2.75) is 42.8 Å². The molecule has 0 aromatic carbocycles. The molecular weight excluding hydrogens is 284 g/mol. The third-order valence-electron chi connectivity index (χ3n) is 3.80. The van der Waals surface area contributed by atoms with Gasteiger partial charge in [0, 0.05) is 18.3 Å². The van der Waals surface area contributed by atoms with E-state index in [1.54, 1.807) is 0 Å². The smallest absolute Gasteiger partial charge is 0.197 e. The molecule has 0 bridgehead atoms. The lowest BCUT2D eigenvalue weighted by Crippen LogP contribution is -2.16. The first kappa shape index (κ1) is 14.1. The molecule has 0 fully saturated rings. The second kappa shape index (κ2) is 5.48. The number of nitrogens with two attached hydrogens (primary N) is 1. The summed E-state index contributed by atoms with van der Waals surface area (Å²) < 4.78 is 1.91. The van der Waals surface area contributed by atoms with Crippen LogP contribution in [0.25, 0.3) is 0 Å². The molecule has 21 heavy (non-hydrogen) atoms. The highest BCUT2D eigenvalue weighted by molar-refractivity contribution is 7.99. The van der Waals surface area contributed by atoms with Gasteiger partial charge in [0.05, 0.1) is 0 Å². The van der Waals surface area contributed by atoms with E-state index in [4.69, 9.17) is 16.1 Å². The van der Waals surface area contributed by atoms with E-state index in [1.165, 1.54) is 30.2 Å². The van der Waals surface area contributed by atoms with Gasteiger partial charge in [0.25, 0.3) is 0 Å². The molecule has 0 unspecified atom stereocenters. The number of pyridine rings is 1. The van der Waals surface area contributed by atoms with Gasteiger partial charge in [-0.15, -0.1) is 10.2 Å². The number of rotatable bonds is 3. The Morgan fingerprint density at radius 1 is 1.33 bits per heavy atom. The summed E-state index contributed by atoms with van der Waals surface area (Å²) in [5.41, 5.74) is 8.79. The average molecular weight is 302 g/mol. The van der Waals surface area contributed by atoms with Crippen LogP contribution in [-0.4, -0.2) is 25.6 Å². The summed E-state index contributed by atoms with van der Waals surface area (Å²) in [6.07, 6.45) is 4.38. The van der Waals surface area contributed by atoms with Crippen molar-refractivity contribution >= 4 is 17.6 Å². The number of aryl methyl sites for hydroxylation is 3. The molecule has 1 aliphatic rings. The van der Waals surface area contributed by atoms with Crippen molar-refractivity contribution < 1.29 is 0 Å². The average Bonchev–Trinajstić information content (AvgIpc) is 2.78. The molecule has 6 nitrogen and oxygen atoms in total. The number of nitrogens with zero attached hydrogens (tertiary/aromatic N) is 4. The Morgan fingerprint density at radius 2 is 2.10 bits per heavy atom. The van der Waals surface area contributed by atoms with E-state index in [9.17, 15) is 0 Å². The minimum Gasteiger partial charge on any atom is -0.384 e. The van der Waals surface area contributed by atoms with E-state index in [0.717, 1.165) is 34.5 Å². The number of nitrogens with one attached hydrogen (secondary N) is 1. The molecular formula is C14H18N6S. The molecule has 110 valence electrons. The summed E-state index contributed by atoms with van der Waals surface area (Å²) in [5.74, 6) is 0.900. The largest absolute Gasteiger partial charge is 0.384 e. The Labute approximate surface area is 127 Å². The second-order valence-electron chi connectivity index (χ2n) is 5.26. The van der Waals surface area contributed by atoms with Crippen molar-refractivity contribution in [2.75, 3.05) is 0 Å². The standard InChI is InChI=1S/C14H18N6S/c1-8-18-19-14(20(8)2)21-13-10(12(15)16)7-9-5-3-4-6-11(9)17-13/h7H,3-6H2,1-2H3,(H3,15,16). The maximum atomic E-state index is 7.80. The van der Waals surface area contributed by atoms with Crippen LogP contribution in [0.5, 0.6) is 0 Å². The van der Waals surface area contributed by atoms with E-state index in [-0.39, 0.29) is 5.84 Å². The normalized spacial score (nSPS) is 14.0. The van der Waals surface area contributed by atoms with E-state index >= 15 is 0 Å². The molecule has 0 radical (unpaired) electrons. The number of aromatic nitrogens is 4. The van der Waals surface area contributed by atoms with Crippen molar-refractivity contribution in [2.24, 2.45) is 12.8 Å². The van der Waals surface area contributed by atoms with E-state index in [1.807, 2.05) is 24.6 Å². The van der Waals surface area contributed by atoms with Crippen LogP contribution >= 0.6 is 11.8 Å². The minimum absolute atomic E-state index is 0.0530. The molecule has 0 aliphatic heterocycles. The SMILES string of the molecule is Cc1nnc(Sc2nc3c(cc2C(=N)N)CCCC3)n1C. The maximum absolute atomic E-state index is 7.80. The molecule has 2 aromatic heterocycles. The quantitative estimate of drug-likeness (QED) is 0.666. The zero-order valence-electron chi connectivity index (χ0n) is 12.2. The van der Waals surface area contributed by atoms with E-state index < -0.39 is 0 Å². The molecule has 2 heterocycles. The monoisotopic (exact) mass is 302 g/mol. The highest BCUT2D eigenvalue weighted by atomic mass is 32.2. The van der Waals surface area contributed by atoms with Crippen LogP contribution in [0.15, 0.2) is 16.2 Å². The van der Waals surface area contributed by atoms with Crippen molar-refractivity contribution in [3.05, 3.63) is 28.7 Å². The molecule has 0 spiro atoms. The summed E-state index contributed by atoms with van der Waals surface area (Å²) in [6.45, 7) is 1.91. The fourth-order valence-corrected chi connectivity index (χ4v) is 3.41. The molecule has 0 amide bonds. The Balaban J connectivity index is 2.03. The van der Waals surface area contributed by atoms with Gasteiger partial charge in [0.1, 0.15) is 16.7 Å². The molecule has 0 atom stereocenters. The molecule has 1 aliphatic carbocycles. The van der Waals surface area contributed by atoms with Gasteiger partial charge in [-0.2, -0.15) is 0 Å². The first-order chi connectivity index (χ1) is 10.1. The van der Waals surface area contributed by atoms with E-state index in [0.29, 0.717) is 5.56 Å². The zero-order valence-corrected chi connectivity index (χ0v) is 13.0. The number of nitrogen functional groups attached to an aromatic ring is 1. The maximum Gasteiger partial charge on any atom is 0.197 e. The van der Waals surface area contributed by atoms with Crippen LogP contribution in [-0.2, 0) is 19.9 Å². The second-order valence-corrected chi connectivity index (χ2v) is 6.21. The molecule has 2 aromatic rings. The fraction of sp³-hybridized carbons (Fsp3) is 0.429. The Kier molecular flexibility index (Phi) is 3.67. The predicted molar refractivity (Wildman–Crippen MR) is 81.8 cm³/mol. The lowest BCUT2D eigenvalue weighted by atomic mass is 9.95. The van der Waals surface area contributed by atoms with Gasteiger partial charge < -0.3 is 10.3 Å². The molecule has 0 saturated heterocycles. The fourth-order valence-electron chi connectivity index (χ4n) is 2.45. The van der Waals surface area contributed by atoms with Gasteiger partial charge in [-0.3, -0.25) is 5.41 Å². The Bertz CT molecular complexity index is 706. The summed E-state index contributed by atoms with van der Waals surface area (Å²) in [6, 6.07) is 2.02. The molecule has 3 N–H and O–H groups in total. The van der Waals surface area contributed by atoms with Crippen LogP contribution in [0.2, 0.25) is 0 Å². The van der Waals surface area contributed by atoms with E-state index in [2.05, 4.69) is 10.2 Å². The highest BCUT2D eigenvalue weighted by Crippen LogP contribution is 2.31. The van der Waals surface area contributed by atoms with Gasteiger partial charge >= 0.3 is 0 Å².